The molecule has 1 nitrogen and oxygen atoms in total. The first-order valence-electron chi connectivity index (χ1n) is 4.18. The molecule has 1 aromatic rings. The van der Waals surface area contributed by atoms with Gasteiger partial charge in [-0.1, -0.05) is 32.0 Å². The summed E-state index contributed by atoms with van der Waals surface area (Å²) in [5, 5.41) is 0. The van der Waals surface area contributed by atoms with Gasteiger partial charge in [-0.15, -0.1) is 0 Å². The molecule has 0 aromatic heterocycles. The van der Waals surface area contributed by atoms with Crippen LogP contribution in [0, 0.1) is 5.82 Å². The van der Waals surface area contributed by atoms with Crippen LogP contribution in [0.4, 0.5) is 4.39 Å². The van der Waals surface area contributed by atoms with Gasteiger partial charge in [-0.25, -0.2) is 4.39 Å². The van der Waals surface area contributed by atoms with E-state index in [9.17, 15) is 4.39 Å². The van der Waals surface area contributed by atoms with Gasteiger partial charge >= 0.3 is 0 Å². The van der Waals surface area contributed by atoms with Gasteiger partial charge in [0.25, 0.3) is 0 Å². The van der Waals surface area contributed by atoms with E-state index in [4.69, 9.17) is 0 Å². The summed E-state index contributed by atoms with van der Waals surface area (Å²) in [4.78, 5) is 0. The van der Waals surface area contributed by atoms with E-state index in [0.717, 1.165) is 13.2 Å². The molecule has 68 valence electrons. The van der Waals surface area contributed by atoms with E-state index < -0.39 is 0 Å². The molecule has 0 radical (unpaired) electrons. The van der Waals surface area contributed by atoms with E-state index in [1.807, 2.05) is 13.8 Å². The number of halogens is 1. The van der Waals surface area contributed by atoms with Gasteiger partial charge in [0.1, 0.15) is 5.82 Å². The summed E-state index contributed by atoms with van der Waals surface area (Å²) >= 11 is 0. The van der Waals surface area contributed by atoms with Crippen molar-refractivity contribution in [3.05, 3.63) is 36.1 Å². The highest BCUT2D eigenvalue weighted by molar-refractivity contribution is 5.02. The Hall–Kier alpha value is -0.890. The van der Waals surface area contributed by atoms with Crippen LogP contribution in [0.1, 0.15) is 13.8 Å². The fourth-order valence-corrected chi connectivity index (χ4v) is 0.415. The lowest BCUT2D eigenvalue weighted by atomic mass is 10.4. The molecule has 1 aromatic carbocycles. The van der Waals surface area contributed by atoms with E-state index in [-0.39, 0.29) is 5.82 Å². The average molecular weight is 170 g/mol. The minimum Gasteiger partial charge on any atom is -0.377 e. The lowest BCUT2D eigenvalue weighted by molar-refractivity contribution is 0.475. The van der Waals surface area contributed by atoms with Crippen LogP contribution in [-0.4, -0.2) is 13.2 Å². The van der Waals surface area contributed by atoms with Crippen LogP contribution >= 0.6 is 0 Å². The van der Waals surface area contributed by atoms with Gasteiger partial charge in [-0.2, -0.15) is 0 Å². The predicted molar refractivity (Wildman–Crippen MR) is 48.6 cm³/mol. The summed E-state index contributed by atoms with van der Waals surface area (Å²) in [7, 11) is 0. The van der Waals surface area contributed by atoms with Gasteiger partial charge in [0.15, 0.2) is 0 Å². The van der Waals surface area contributed by atoms with Crippen LogP contribution in [0.2, 0.25) is 0 Å². The zero-order chi connectivity index (χ0) is 9.23. The van der Waals surface area contributed by atoms with Crippen LogP contribution < -0.4 is 0 Å². The maximum absolute atomic E-state index is 11.9. The molecule has 0 saturated carbocycles. The summed E-state index contributed by atoms with van der Waals surface area (Å²) in [5.74, 6) is -0.178. The highest BCUT2D eigenvalue weighted by Crippen LogP contribution is 1.91. The molecule has 0 unspecified atom stereocenters. The quantitative estimate of drug-likeness (QED) is 0.545. The molecule has 1 aliphatic heterocycles. The van der Waals surface area contributed by atoms with Crippen LogP contribution in [0.15, 0.2) is 30.3 Å². The van der Waals surface area contributed by atoms with Crippen molar-refractivity contribution >= 4 is 0 Å². The Balaban J connectivity index is 0.000000202. The Morgan fingerprint density at radius 3 is 1.67 bits per heavy atom. The molecule has 1 heterocycles. The highest BCUT2D eigenvalue weighted by atomic mass is 19.1. The molecule has 0 spiro atoms. The van der Waals surface area contributed by atoms with Gasteiger partial charge < -0.3 is 4.74 Å². The second kappa shape index (κ2) is 8.21. The summed E-state index contributed by atoms with van der Waals surface area (Å²) < 4.78 is 16.4. The Morgan fingerprint density at radius 2 is 1.50 bits per heavy atom. The summed E-state index contributed by atoms with van der Waals surface area (Å²) in [5.41, 5.74) is 0. The normalized spacial score (nSPS) is 11.6. The standard InChI is InChI=1S/C6H5F.C2H4O.C2H6/c7-6-4-2-1-3-5-6;1-2-3-1;1-2/h1-5H;1-2H2;1-2H3. The topological polar surface area (TPSA) is 12.5 Å². The number of hydrogen-bond donors (Lipinski definition) is 0. The maximum atomic E-state index is 11.9. The fourth-order valence-electron chi connectivity index (χ4n) is 0.415. The predicted octanol–water partition coefficient (Wildman–Crippen LogP) is 2.87. The molecule has 0 bridgehead atoms. The molecule has 12 heavy (non-hydrogen) atoms. The number of epoxide rings is 1. The molecule has 0 amide bonds. The molecule has 2 heteroatoms. The van der Waals surface area contributed by atoms with E-state index in [0.29, 0.717) is 0 Å². The van der Waals surface area contributed by atoms with Gasteiger partial charge in [-0.3, -0.25) is 0 Å². The number of benzene rings is 1. The molecule has 0 atom stereocenters. The lowest BCUT2D eigenvalue weighted by Crippen LogP contribution is -1.63. The fraction of sp³-hybridized carbons (Fsp3) is 0.400. The van der Waals surface area contributed by atoms with Gasteiger partial charge in [0, 0.05) is 0 Å². The highest BCUT2D eigenvalue weighted by Gasteiger charge is 1.94. The van der Waals surface area contributed by atoms with Crippen LogP contribution in [0.5, 0.6) is 0 Å². The summed E-state index contributed by atoms with van der Waals surface area (Å²) in [6, 6.07) is 7.94. The van der Waals surface area contributed by atoms with Crippen molar-refractivity contribution in [2.24, 2.45) is 0 Å². The maximum Gasteiger partial charge on any atom is 0.123 e. The largest absolute Gasteiger partial charge is 0.377 e. The van der Waals surface area contributed by atoms with Gasteiger partial charge in [-0.05, 0) is 12.1 Å². The van der Waals surface area contributed by atoms with E-state index in [2.05, 4.69) is 4.74 Å². The Kier molecular flexibility index (Phi) is 7.60. The second-order valence-corrected chi connectivity index (χ2v) is 1.91. The molecule has 1 saturated heterocycles. The average Bonchev–Trinajstić information content (AvgIpc) is 2.95. The zero-order valence-electron chi connectivity index (χ0n) is 7.59. The molecule has 1 fully saturated rings. The smallest absolute Gasteiger partial charge is 0.123 e. The first-order valence-corrected chi connectivity index (χ1v) is 4.18. The minimum absolute atomic E-state index is 0.178. The third kappa shape index (κ3) is 9.11. The van der Waals surface area contributed by atoms with Crippen molar-refractivity contribution in [1.29, 1.82) is 0 Å². The number of hydrogen-bond acceptors (Lipinski definition) is 1. The zero-order valence-corrected chi connectivity index (χ0v) is 7.59. The molecule has 1 aliphatic rings. The number of rotatable bonds is 0. The van der Waals surface area contributed by atoms with E-state index in [1.54, 1.807) is 18.2 Å². The molecular weight excluding hydrogens is 155 g/mol. The third-order valence-electron chi connectivity index (χ3n) is 0.937. The number of ether oxygens (including phenoxy) is 1. The SMILES string of the molecule is C1CO1.CC.Fc1ccccc1. The van der Waals surface area contributed by atoms with E-state index in [1.165, 1.54) is 12.1 Å². The first-order chi connectivity index (χ1) is 5.89. The van der Waals surface area contributed by atoms with Crippen molar-refractivity contribution in [3.8, 4) is 0 Å². The first kappa shape index (κ1) is 11.1. The Morgan fingerprint density at radius 1 is 1.08 bits per heavy atom. The third-order valence-corrected chi connectivity index (χ3v) is 0.937. The van der Waals surface area contributed by atoms with Gasteiger partial charge in [0.2, 0.25) is 0 Å². The van der Waals surface area contributed by atoms with E-state index >= 15 is 0 Å². The monoisotopic (exact) mass is 170 g/mol. The lowest BCUT2D eigenvalue weighted by Gasteiger charge is -1.78. The summed E-state index contributed by atoms with van der Waals surface area (Å²) in [6.45, 7) is 6.00. The van der Waals surface area contributed by atoms with Crippen molar-refractivity contribution in [3.63, 3.8) is 0 Å². The molecule has 2 rings (SSSR count). The van der Waals surface area contributed by atoms with Crippen molar-refractivity contribution < 1.29 is 9.13 Å². The van der Waals surface area contributed by atoms with Crippen LogP contribution in [0.25, 0.3) is 0 Å². The van der Waals surface area contributed by atoms with Crippen LogP contribution in [-0.2, 0) is 4.74 Å². The molecular formula is C10H15FO. The minimum atomic E-state index is -0.178. The molecule has 0 aliphatic carbocycles. The second-order valence-electron chi connectivity index (χ2n) is 1.91. The Bertz CT molecular complexity index is 170. The van der Waals surface area contributed by atoms with Gasteiger partial charge in [0.05, 0.1) is 13.2 Å². The molecule has 0 N–H and O–H groups in total. The van der Waals surface area contributed by atoms with Crippen molar-refractivity contribution in [1.82, 2.24) is 0 Å². The van der Waals surface area contributed by atoms with Crippen LogP contribution in [0.3, 0.4) is 0 Å². The van der Waals surface area contributed by atoms with Crippen molar-refractivity contribution in [2.45, 2.75) is 13.8 Å². The van der Waals surface area contributed by atoms with Crippen molar-refractivity contribution in [2.75, 3.05) is 13.2 Å². The summed E-state index contributed by atoms with van der Waals surface area (Å²) in [6.07, 6.45) is 0. The Labute approximate surface area is 73.2 Å².